The normalized spacial score (nSPS) is 14.5. The number of hydrogen-bond donors (Lipinski definition) is 1. The van der Waals surface area contributed by atoms with Gasteiger partial charge in [-0.2, -0.15) is 0 Å². The summed E-state index contributed by atoms with van der Waals surface area (Å²) in [5, 5.41) is 3.04. The Morgan fingerprint density at radius 3 is 2.18 bits per heavy atom. The minimum absolute atomic E-state index is 0.0624. The van der Waals surface area contributed by atoms with E-state index in [0.29, 0.717) is 0 Å². The van der Waals surface area contributed by atoms with E-state index in [9.17, 15) is 4.79 Å². The van der Waals surface area contributed by atoms with Crippen molar-refractivity contribution in [2.45, 2.75) is 79.7 Å². The van der Waals surface area contributed by atoms with Crippen LogP contribution in [0.3, 0.4) is 0 Å². The van der Waals surface area contributed by atoms with Gasteiger partial charge in [-0.1, -0.05) is 40.5 Å². The number of amides is 1. The van der Waals surface area contributed by atoms with Crippen LogP contribution in [0.15, 0.2) is 0 Å². The molecule has 0 radical (unpaired) electrons. The van der Waals surface area contributed by atoms with Gasteiger partial charge in [0.2, 0.25) is 5.91 Å². The van der Waals surface area contributed by atoms with Crippen LogP contribution < -0.4 is 5.32 Å². The second kappa shape index (κ2) is 6.42. The van der Waals surface area contributed by atoms with Crippen molar-refractivity contribution in [3.63, 3.8) is 0 Å². The van der Waals surface area contributed by atoms with E-state index in [1.54, 1.807) is 6.92 Å². The lowest BCUT2D eigenvalue weighted by atomic mass is 9.74. The first-order valence-corrected chi connectivity index (χ1v) is 6.87. The molecule has 0 spiro atoms. The van der Waals surface area contributed by atoms with Crippen LogP contribution in [0.5, 0.6) is 0 Å². The summed E-state index contributed by atoms with van der Waals surface area (Å²) < 4.78 is 0. The summed E-state index contributed by atoms with van der Waals surface area (Å²) in [7, 11) is 0. The van der Waals surface area contributed by atoms with E-state index in [1.165, 1.54) is 19.3 Å². The molecule has 0 aliphatic heterocycles. The monoisotopic (exact) mass is 241 g/mol. The van der Waals surface area contributed by atoms with Crippen molar-refractivity contribution < 1.29 is 4.79 Å². The van der Waals surface area contributed by atoms with Crippen LogP contribution >= 0.6 is 0 Å². The Morgan fingerprint density at radius 2 is 1.76 bits per heavy atom. The fraction of sp³-hybridized carbons (Fsp3) is 0.933. The van der Waals surface area contributed by atoms with E-state index in [0.717, 1.165) is 12.3 Å². The van der Waals surface area contributed by atoms with Gasteiger partial charge in [0.25, 0.3) is 0 Å². The molecule has 0 fully saturated rings. The minimum Gasteiger partial charge on any atom is -0.351 e. The Labute approximate surface area is 108 Å². The van der Waals surface area contributed by atoms with Gasteiger partial charge >= 0.3 is 0 Å². The number of nitrogens with one attached hydrogen (secondary N) is 1. The second-order valence-corrected chi connectivity index (χ2v) is 7.00. The molecule has 0 aliphatic carbocycles. The average Bonchev–Trinajstić information content (AvgIpc) is 1.96. The largest absolute Gasteiger partial charge is 0.351 e. The van der Waals surface area contributed by atoms with Gasteiger partial charge in [-0.25, -0.2) is 0 Å². The maximum absolute atomic E-state index is 11.2. The van der Waals surface area contributed by atoms with Crippen LogP contribution in [0.25, 0.3) is 0 Å². The van der Waals surface area contributed by atoms with Crippen LogP contribution in [0, 0.1) is 11.3 Å². The molecule has 0 saturated heterocycles. The Morgan fingerprint density at radius 1 is 1.24 bits per heavy atom. The third-order valence-electron chi connectivity index (χ3n) is 3.12. The standard InChI is InChI=1S/C15H31NO/c1-8-9-12(2)10-14(4,5)11-15(6,7)16-13(3)17/h12H,8-11H2,1-7H3,(H,16,17). The van der Waals surface area contributed by atoms with Crippen molar-refractivity contribution >= 4 is 5.91 Å². The predicted molar refractivity (Wildman–Crippen MR) is 75.0 cm³/mol. The van der Waals surface area contributed by atoms with Gasteiger partial charge in [-0.05, 0) is 38.0 Å². The maximum Gasteiger partial charge on any atom is 0.217 e. The van der Waals surface area contributed by atoms with Crippen molar-refractivity contribution in [2.75, 3.05) is 0 Å². The molecule has 1 atom stereocenters. The van der Waals surface area contributed by atoms with Crippen LogP contribution in [-0.2, 0) is 4.79 Å². The second-order valence-electron chi connectivity index (χ2n) is 7.00. The van der Waals surface area contributed by atoms with Crippen molar-refractivity contribution in [1.29, 1.82) is 0 Å². The Hall–Kier alpha value is -0.530. The smallest absolute Gasteiger partial charge is 0.217 e. The van der Waals surface area contributed by atoms with Gasteiger partial charge in [0, 0.05) is 12.5 Å². The lowest BCUT2D eigenvalue weighted by Crippen LogP contribution is -2.45. The van der Waals surface area contributed by atoms with E-state index in [4.69, 9.17) is 0 Å². The van der Waals surface area contributed by atoms with E-state index in [-0.39, 0.29) is 16.9 Å². The summed E-state index contributed by atoms with van der Waals surface area (Å²) in [6.07, 6.45) is 4.80. The number of hydrogen-bond acceptors (Lipinski definition) is 1. The molecule has 0 bridgehead atoms. The number of carbonyl (C=O) groups is 1. The van der Waals surface area contributed by atoms with E-state index >= 15 is 0 Å². The third kappa shape index (κ3) is 8.23. The topological polar surface area (TPSA) is 29.1 Å². The highest BCUT2D eigenvalue weighted by Gasteiger charge is 2.30. The first-order chi connectivity index (χ1) is 7.58. The lowest BCUT2D eigenvalue weighted by molar-refractivity contribution is -0.120. The molecule has 17 heavy (non-hydrogen) atoms. The summed E-state index contributed by atoms with van der Waals surface area (Å²) in [5.74, 6) is 0.829. The van der Waals surface area contributed by atoms with E-state index in [1.807, 2.05) is 0 Å². The molecular weight excluding hydrogens is 210 g/mol. The molecule has 0 saturated carbocycles. The van der Waals surface area contributed by atoms with Crippen molar-refractivity contribution in [1.82, 2.24) is 5.32 Å². The summed E-state index contributed by atoms with van der Waals surface area (Å²) in [6.45, 7) is 15.0. The Kier molecular flexibility index (Phi) is 6.22. The van der Waals surface area contributed by atoms with Crippen LogP contribution in [0.2, 0.25) is 0 Å². The van der Waals surface area contributed by atoms with Crippen LogP contribution in [0.4, 0.5) is 0 Å². The van der Waals surface area contributed by atoms with E-state index < -0.39 is 0 Å². The molecule has 102 valence electrons. The summed E-state index contributed by atoms with van der Waals surface area (Å²) in [4.78, 5) is 11.2. The molecule has 0 aliphatic rings. The quantitative estimate of drug-likeness (QED) is 0.713. The molecule has 0 rings (SSSR count). The molecule has 1 N–H and O–H groups in total. The molecule has 0 aromatic carbocycles. The van der Waals surface area contributed by atoms with Gasteiger partial charge < -0.3 is 5.32 Å². The van der Waals surface area contributed by atoms with Gasteiger partial charge in [-0.15, -0.1) is 0 Å². The van der Waals surface area contributed by atoms with Gasteiger partial charge in [0.05, 0.1) is 0 Å². The zero-order valence-electron chi connectivity index (χ0n) is 12.8. The zero-order valence-corrected chi connectivity index (χ0v) is 12.8. The first kappa shape index (κ1) is 16.5. The molecule has 2 nitrogen and oxygen atoms in total. The van der Waals surface area contributed by atoms with Crippen molar-refractivity contribution in [2.24, 2.45) is 11.3 Å². The van der Waals surface area contributed by atoms with Crippen LogP contribution in [0.1, 0.15) is 74.1 Å². The number of rotatable bonds is 7. The molecule has 0 aromatic rings. The Balaban J connectivity index is 4.36. The third-order valence-corrected chi connectivity index (χ3v) is 3.12. The zero-order chi connectivity index (χ0) is 13.7. The summed E-state index contributed by atoms with van der Waals surface area (Å²) in [6, 6.07) is 0. The SMILES string of the molecule is CCCC(C)CC(C)(C)CC(C)(C)NC(C)=O. The highest BCUT2D eigenvalue weighted by molar-refractivity contribution is 5.73. The molecule has 1 amide bonds. The highest BCUT2D eigenvalue weighted by Crippen LogP contribution is 2.35. The summed E-state index contributed by atoms with van der Waals surface area (Å²) >= 11 is 0. The van der Waals surface area contributed by atoms with Crippen molar-refractivity contribution in [3.05, 3.63) is 0 Å². The average molecular weight is 241 g/mol. The van der Waals surface area contributed by atoms with Gasteiger partial charge in [0.1, 0.15) is 0 Å². The molecular formula is C15H31NO. The maximum atomic E-state index is 11.2. The fourth-order valence-corrected chi connectivity index (χ4v) is 3.33. The molecule has 0 aromatic heterocycles. The first-order valence-electron chi connectivity index (χ1n) is 6.87. The van der Waals surface area contributed by atoms with Gasteiger partial charge in [0.15, 0.2) is 0 Å². The van der Waals surface area contributed by atoms with Gasteiger partial charge in [-0.3, -0.25) is 4.79 Å². The molecule has 2 heteroatoms. The fourth-order valence-electron chi connectivity index (χ4n) is 3.33. The summed E-state index contributed by atoms with van der Waals surface area (Å²) in [5.41, 5.74) is 0.168. The minimum atomic E-state index is -0.110. The highest BCUT2D eigenvalue weighted by atomic mass is 16.1. The Bertz CT molecular complexity index is 243. The number of carbonyl (C=O) groups excluding carboxylic acids is 1. The molecule has 1 unspecified atom stereocenters. The predicted octanol–water partition coefficient (Wildman–Crippen LogP) is 4.14. The van der Waals surface area contributed by atoms with E-state index in [2.05, 4.69) is 46.9 Å². The van der Waals surface area contributed by atoms with Crippen LogP contribution in [-0.4, -0.2) is 11.4 Å². The molecule has 0 heterocycles. The lowest BCUT2D eigenvalue weighted by Gasteiger charge is -2.37. The van der Waals surface area contributed by atoms with Crippen molar-refractivity contribution in [3.8, 4) is 0 Å².